The third-order valence-corrected chi connectivity index (χ3v) is 5.40. The first-order valence-electron chi connectivity index (χ1n) is 7.83. The van der Waals surface area contributed by atoms with Crippen LogP contribution < -0.4 is 0 Å². The molecule has 22 heavy (non-hydrogen) atoms. The highest BCUT2D eigenvalue weighted by atomic mass is 35.5. The van der Waals surface area contributed by atoms with Crippen LogP contribution in [-0.4, -0.2) is 23.6 Å². The number of ether oxygens (including phenoxy) is 1. The molecule has 2 heterocycles. The monoisotopic (exact) mass is 313 g/mol. The lowest BCUT2D eigenvalue weighted by Gasteiger charge is -2.37. The Morgan fingerprint density at radius 3 is 2.82 bits per heavy atom. The number of halogens is 1. The Kier molecular flexibility index (Phi) is 3.48. The first-order chi connectivity index (χ1) is 10.7. The van der Waals surface area contributed by atoms with Gasteiger partial charge in [0.05, 0.1) is 12.2 Å². The quantitative estimate of drug-likeness (QED) is 0.822. The molecule has 2 aromatic rings. The second kappa shape index (κ2) is 5.38. The van der Waals surface area contributed by atoms with E-state index in [-0.39, 0.29) is 5.60 Å². The van der Waals surface area contributed by atoms with E-state index in [0.29, 0.717) is 12.5 Å². The van der Waals surface area contributed by atoms with Gasteiger partial charge < -0.3 is 4.74 Å². The maximum absolute atomic E-state index is 6.35. The van der Waals surface area contributed by atoms with Gasteiger partial charge in [-0.3, -0.25) is 4.90 Å². The molecule has 0 N–H and O–H groups in total. The molecule has 2 unspecified atom stereocenters. The Labute approximate surface area is 136 Å². The van der Waals surface area contributed by atoms with Crippen molar-refractivity contribution in [2.45, 2.75) is 31.6 Å². The second-order valence-corrected chi connectivity index (χ2v) is 7.02. The maximum atomic E-state index is 6.35. The number of likely N-dealkylation sites (tertiary alicyclic amines) is 1. The van der Waals surface area contributed by atoms with Crippen molar-refractivity contribution in [2.24, 2.45) is 0 Å². The molecule has 114 valence electrons. The molecule has 2 aliphatic heterocycles. The van der Waals surface area contributed by atoms with Gasteiger partial charge >= 0.3 is 0 Å². The number of benzene rings is 2. The second-order valence-electron chi connectivity index (χ2n) is 6.62. The first kappa shape index (κ1) is 14.3. The zero-order valence-corrected chi connectivity index (χ0v) is 13.5. The Hall–Kier alpha value is -1.35. The smallest absolute Gasteiger partial charge is 0.0866 e. The van der Waals surface area contributed by atoms with Gasteiger partial charge in [0.25, 0.3) is 0 Å². The Balaban J connectivity index is 1.61. The van der Waals surface area contributed by atoms with Gasteiger partial charge in [0.1, 0.15) is 0 Å². The summed E-state index contributed by atoms with van der Waals surface area (Å²) in [5, 5.41) is 0.834. The van der Waals surface area contributed by atoms with E-state index in [0.717, 1.165) is 24.7 Å². The fraction of sp³-hybridized carbons (Fsp3) is 0.368. The lowest BCUT2D eigenvalue weighted by Crippen LogP contribution is -2.40. The fourth-order valence-corrected chi connectivity index (χ4v) is 4.13. The summed E-state index contributed by atoms with van der Waals surface area (Å²) in [6, 6.07) is 16.9. The summed E-state index contributed by atoms with van der Waals surface area (Å²) in [6.45, 7) is 5.84. The highest BCUT2D eigenvalue weighted by Crippen LogP contribution is 2.45. The lowest BCUT2D eigenvalue weighted by molar-refractivity contribution is -0.0567. The zero-order chi connectivity index (χ0) is 15.2. The zero-order valence-electron chi connectivity index (χ0n) is 12.8. The molecule has 0 radical (unpaired) electrons. The molecule has 2 aromatic carbocycles. The van der Waals surface area contributed by atoms with Crippen molar-refractivity contribution >= 4 is 11.6 Å². The normalized spacial score (nSPS) is 27.5. The van der Waals surface area contributed by atoms with Crippen molar-refractivity contribution in [1.82, 2.24) is 4.90 Å². The van der Waals surface area contributed by atoms with Crippen LogP contribution in [0.2, 0.25) is 5.02 Å². The van der Waals surface area contributed by atoms with Gasteiger partial charge in [0.15, 0.2) is 0 Å². The molecule has 0 saturated carbocycles. The average molecular weight is 314 g/mol. The van der Waals surface area contributed by atoms with Crippen LogP contribution in [0.15, 0.2) is 48.5 Å². The van der Waals surface area contributed by atoms with E-state index in [4.69, 9.17) is 16.3 Å². The summed E-state index contributed by atoms with van der Waals surface area (Å²) in [4.78, 5) is 2.50. The third kappa shape index (κ3) is 2.36. The molecule has 2 atom stereocenters. The molecule has 0 spiro atoms. The van der Waals surface area contributed by atoms with Gasteiger partial charge in [-0.25, -0.2) is 0 Å². The van der Waals surface area contributed by atoms with Crippen LogP contribution in [-0.2, 0) is 17.9 Å². The highest BCUT2D eigenvalue weighted by Gasteiger charge is 2.48. The van der Waals surface area contributed by atoms with E-state index in [1.165, 1.54) is 16.7 Å². The molecule has 2 nitrogen and oxygen atoms in total. The molecule has 2 aliphatic rings. The molecule has 1 saturated heterocycles. The Morgan fingerprint density at radius 1 is 1.18 bits per heavy atom. The fourth-order valence-electron chi connectivity index (χ4n) is 3.90. The van der Waals surface area contributed by atoms with Crippen molar-refractivity contribution in [2.75, 3.05) is 13.1 Å². The Morgan fingerprint density at radius 2 is 2.00 bits per heavy atom. The van der Waals surface area contributed by atoms with Crippen LogP contribution in [0.1, 0.15) is 29.5 Å². The number of rotatable bonds is 2. The molecule has 0 amide bonds. The van der Waals surface area contributed by atoms with E-state index in [1.54, 1.807) is 0 Å². The van der Waals surface area contributed by atoms with Crippen molar-refractivity contribution < 1.29 is 4.74 Å². The van der Waals surface area contributed by atoms with Gasteiger partial charge in [-0.05, 0) is 29.7 Å². The predicted octanol–water partition coefficient (Wildman–Crippen LogP) is 4.23. The van der Waals surface area contributed by atoms with Gasteiger partial charge in [-0.1, -0.05) is 54.1 Å². The number of nitrogens with zero attached hydrogens (tertiary/aromatic N) is 1. The largest absolute Gasteiger partial charge is 0.369 e. The molecule has 0 aliphatic carbocycles. The minimum Gasteiger partial charge on any atom is -0.369 e. The molecule has 3 heteroatoms. The van der Waals surface area contributed by atoms with E-state index in [2.05, 4.69) is 54.3 Å². The van der Waals surface area contributed by atoms with Crippen LogP contribution in [0.4, 0.5) is 0 Å². The maximum Gasteiger partial charge on any atom is 0.0866 e. The van der Waals surface area contributed by atoms with E-state index < -0.39 is 0 Å². The van der Waals surface area contributed by atoms with Gasteiger partial charge in [0, 0.05) is 30.6 Å². The van der Waals surface area contributed by atoms with Crippen LogP contribution in [0.5, 0.6) is 0 Å². The third-order valence-electron chi connectivity index (χ3n) is 5.04. The van der Waals surface area contributed by atoms with Gasteiger partial charge in [-0.15, -0.1) is 0 Å². The topological polar surface area (TPSA) is 12.5 Å². The summed E-state index contributed by atoms with van der Waals surface area (Å²) < 4.78 is 6.24. The van der Waals surface area contributed by atoms with Crippen LogP contribution >= 0.6 is 11.6 Å². The molecular formula is C19H20ClNO. The lowest BCUT2D eigenvalue weighted by atomic mass is 9.81. The van der Waals surface area contributed by atoms with Crippen molar-refractivity contribution in [3.63, 3.8) is 0 Å². The van der Waals surface area contributed by atoms with Gasteiger partial charge in [-0.2, -0.15) is 0 Å². The van der Waals surface area contributed by atoms with Crippen LogP contribution in [0, 0.1) is 0 Å². The predicted molar refractivity (Wildman–Crippen MR) is 89.1 cm³/mol. The summed E-state index contributed by atoms with van der Waals surface area (Å²) in [6.07, 6.45) is 0. The summed E-state index contributed by atoms with van der Waals surface area (Å²) >= 11 is 6.35. The minimum atomic E-state index is -0.105. The molecule has 4 rings (SSSR count). The molecular weight excluding hydrogens is 294 g/mol. The van der Waals surface area contributed by atoms with Crippen molar-refractivity contribution in [3.8, 4) is 0 Å². The first-order valence-corrected chi connectivity index (χ1v) is 8.21. The van der Waals surface area contributed by atoms with Crippen molar-refractivity contribution in [3.05, 3.63) is 70.2 Å². The molecule has 0 aromatic heterocycles. The number of hydrogen-bond donors (Lipinski definition) is 0. The van der Waals surface area contributed by atoms with Crippen LogP contribution in [0.3, 0.4) is 0 Å². The number of hydrogen-bond acceptors (Lipinski definition) is 2. The summed E-state index contributed by atoms with van der Waals surface area (Å²) in [7, 11) is 0. The molecule has 1 fully saturated rings. The molecule has 0 bridgehead atoms. The van der Waals surface area contributed by atoms with E-state index >= 15 is 0 Å². The average Bonchev–Trinajstić information content (AvgIpc) is 2.85. The highest BCUT2D eigenvalue weighted by molar-refractivity contribution is 6.31. The minimum absolute atomic E-state index is 0.105. The van der Waals surface area contributed by atoms with E-state index in [1.807, 2.05) is 6.07 Å². The standard InChI is InChI=1S/C19H20ClNO/c1-19-13-21(10-14-6-3-2-4-7-14)11-17(19)15-8-5-9-18(20)16(15)12-22-19/h2-9,17H,10-13H2,1H3. The van der Waals surface area contributed by atoms with E-state index in [9.17, 15) is 0 Å². The summed E-state index contributed by atoms with van der Waals surface area (Å²) in [5.41, 5.74) is 3.80. The van der Waals surface area contributed by atoms with Gasteiger partial charge in [0.2, 0.25) is 0 Å². The Bertz CT molecular complexity index is 687. The van der Waals surface area contributed by atoms with Crippen LogP contribution in [0.25, 0.3) is 0 Å². The number of fused-ring (bicyclic) bond motifs is 3. The van der Waals surface area contributed by atoms with Crippen molar-refractivity contribution in [1.29, 1.82) is 0 Å². The summed E-state index contributed by atoms with van der Waals surface area (Å²) in [5.74, 6) is 0.402. The SMILES string of the molecule is CC12CN(Cc3ccccc3)CC1c1cccc(Cl)c1CO2.